The van der Waals surface area contributed by atoms with Crippen molar-refractivity contribution in [2.45, 2.75) is 39.2 Å². The van der Waals surface area contributed by atoms with Gasteiger partial charge in [0.2, 0.25) is 0 Å². The molecule has 0 saturated carbocycles. The van der Waals surface area contributed by atoms with Gasteiger partial charge in [0.25, 0.3) is 0 Å². The molecule has 2 N–H and O–H groups in total. The van der Waals surface area contributed by atoms with Gasteiger partial charge >= 0.3 is 0 Å². The highest BCUT2D eigenvalue weighted by Crippen LogP contribution is 2.16. The molecule has 94 valence electrons. The van der Waals surface area contributed by atoms with Gasteiger partial charge in [0.05, 0.1) is 17.6 Å². The maximum Gasteiger partial charge on any atom is 0.0902 e. The van der Waals surface area contributed by atoms with Crippen molar-refractivity contribution in [3.8, 4) is 0 Å². The van der Waals surface area contributed by atoms with Crippen LogP contribution in [-0.2, 0) is 4.74 Å². The molecule has 1 saturated heterocycles. The van der Waals surface area contributed by atoms with Crippen LogP contribution in [0.5, 0.6) is 0 Å². The first kappa shape index (κ1) is 13.9. The standard InChI is InChI=1S/C12H24N2OS/c1-10(2)5-8-15-9-7-14-6-3-4-11(14)12(13)16/h10-11H,3-9H2,1-2H3,(H2,13,16). The number of ether oxygens (including phenoxy) is 1. The molecule has 0 amide bonds. The Morgan fingerprint density at radius 2 is 2.25 bits per heavy atom. The summed E-state index contributed by atoms with van der Waals surface area (Å²) in [6.45, 7) is 8.16. The molecule has 0 aromatic heterocycles. The third-order valence-corrected chi connectivity index (χ3v) is 3.33. The summed E-state index contributed by atoms with van der Waals surface area (Å²) in [6.07, 6.45) is 3.45. The third-order valence-electron chi connectivity index (χ3n) is 3.05. The van der Waals surface area contributed by atoms with Gasteiger partial charge in [-0.25, -0.2) is 0 Å². The van der Waals surface area contributed by atoms with Crippen LogP contribution in [0.3, 0.4) is 0 Å². The predicted molar refractivity (Wildman–Crippen MR) is 71.7 cm³/mol. The second-order valence-electron chi connectivity index (χ2n) is 4.89. The van der Waals surface area contributed by atoms with Gasteiger partial charge in [0.1, 0.15) is 0 Å². The highest BCUT2D eigenvalue weighted by molar-refractivity contribution is 7.80. The molecule has 16 heavy (non-hydrogen) atoms. The average molecular weight is 244 g/mol. The van der Waals surface area contributed by atoms with E-state index in [4.69, 9.17) is 22.7 Å². The van der Waals surface area contributed by atoms with Crippen LogP contribution >= 0.6 is 12.2 Å². The lowest BCUT2D eigenvalue weighted by molar-refractivity contribution is 0.0987. The fourth-order valence-electron chi connectivity index (χ4n) is 2.02. The number of rotatable bonds is 7. The molecule has 1 atom stereocenters. The van der Waals surface area contributed by atoms with Crippen LogP contribution in [0, 0.1) is 5.92 Å². The summed E-state index contributed by atoms with van der Waals surface area (Å²) in [6, 6.07) is 0.309. The number of likely N-dealkylation sites (tertiary alicyclic amines) is 1. The van der Waals surface area contributed by atoms with Gasteiger partial charge in [-0.2, -0.15) is 0 Å². The van der Waals surface area contributed by atoms with Crippen LogP contribution in [0.2, 0.25) is 0 Å². The van der Waals surface area contributed by atoms with Crippen molar-refractivity contribution in [3.05, 3.63) is 0 Å². The Labute approximate surface area is 104 Å². The van der Waals surface area contributed by atoms with E-state index in [1.165, 1.54) is 6.42 Å². The molecular formula is C12H24N2OS. The highest BCUT2D eigenvalue weighted by atomic mass is 32.1. The van der Waals surface area contributed by atoms with Gasteiger partial charge < -0.3 is 10.5 Å². The summed E-state index contributed by atoms with van der Waals surface area (Å²) in [5, 5.41) is 0. The van der Waals surface area contributed by atoms with Gasteiger partial charge in [-0.1, -0.05) is 26.1 Å². The van der Waals surface area contributed by atoms with Crippen molar-refractivity contribution in [3.63, 3.8) is 0 Å². The summed E-state index contributed by atoms with van der Waals surface area (Å²) < 4.78 is 5.61. The Bertz CT molecular complexity index is 221. The molecule has 1 rings (SSSR count). The fourth-order valence-corrected chi connectivity index (χ4v) is 2.29. The van der Waals surface area contributed by atoms with E-state index in [-0.39, 0.29) is 0 Å². The minimum atomic E-state index is 0.309. The number of hydrogen-bond acceptors (Lipinski definition) is 3. The number of nitrogens with two attached hydrogens (primary N) is 1. The minimum Gasteiger partial charge on any atom is -0.392 e. The molecule has 1 fully saturated rings. The predicted octanol–water partition coefficient (Wildman–Crippen LogP) is 1.80. The maximum absolute atomic E-state index is 5.71. The van der Waals surface area contributed by atoms with Crippen LogP contribution in [0.1, 0.15) is 33.1 Å². The normalized spacial score (nSPS) is 21.8. The van der Waals surface area contributed by atoms with Crippen LogP contribution in [0.4, 0.5) is 0 Å². The van der Waals surface area contributed by atoms with Gasteiger partial charge in [0.15, 0.2) is 0 Å². The number of thiocarbonyl (C=S) groups is 1. The van der Waals surface area contributed by atoms with E-state index in [0.717, 1.165) is 45.1 Å². The number of nitrogens with zero attached hydrogens (tertiary/aromatic N) is 1. The number of hydrogen-bond donors (Lipinski definition) is 1. The van der Waals surface area contributed by atoms with Crippen LogP contribution in [-0.4, -0.2) is 42.2 Å². The second-order valence-corrected chi connectivity index (χ2v) is 5.36. The van der Waals surface area contributed by atoms with Crippen molar-refractivity contribution in [2.75, 3.05) is 26.3 Å². The van der Waals surface area contributed by atoms with Crippen molar-refractivity contribution in [1.82, 2.24) is 4.90 Å². The first-order valence-electron chi connectivity index (χ1n) is 6.22. The Morgan fingerprint density at radius 3 is 2.88 bits per heavy atom. The zero-order valence-electron chi connectivity index (χ0n) is 10.4. The lowest BCUT2D eigenvalue weighted by Gasteiger charge is -2.23. The monoisotopic (exact) mass is 244 g/mol. The summed E-state index contributed by atoms with van der Waals surface area (Å²) in [5.74, 6) is 0.719. The van der Waals surface area contributed by atoms with Gasteiger partial charge in [-0.05, 0) is 31.7 Å². The summed E-state index contributed by atoms with van der Waals surface area (Å²) >= 11 is 5.06. The Kier molecular flexibility index (Phi) is 6.24. The second kappa shape index (κ2) is 7.20. The molecule has 1 aliphatic heterocycles. The zero-order valence-corrected chi connectivity index (χ0v) is 11.3. The maximum atomic E-state index is 5.71. The van der Waals surface area contributed by atoms with Crippen LogP contribution in [0.15, 0.2) is 0 Å². The highest BCUT2D eigenvalue weighted by Gasteiger charge is 2.25. The van der Waals surface area contributed by atoms with E-state index < -0.39 is 0 Å². The van der Waals surface area contributed by atoms with Crippen LogP contribution < -0.4 is 5.73 Å². The van der Waals surface area contributed by atoms with Gasteiger partial charge in [-0.15, -0.1) is 0 Å². The quantitative estimate of drug-likeness (QED) is 0.547. The van der Waals surface area contributed by atoms with E-state index in [1.54, 1.807) is 0 Å². The lowest BCUT2D eigenvalue weighted by Crippen LogP contribution is -2.40. The average Bonchev–Trinajstić information content (AvgIpc) is 2.65. The summed E-state index contributed by atoms with van der Waals surface area (Å²) in [5.41, 5.74) is 5.71. The molecule has 0 spiro atoms. The summed E-state index contributed by atoms with van der Waals surface area (Å²) in [4.78, 5) is 2.98. The lowest BCUT2D eigenvalue weighted by atomic mass is 10.1. The van der Waals surface area contributed by atoms with E-state index in [2.05, 4.69) is 18.7 Å². The van der Waals surface area contributed by atoms with Crippen molar-refractivity contribution < 1.29 is 4.74 Å². The van der Waals surface area contributed by atoms with Crippen LogP contribution in [0.25, 0.3) is 0 Å². The molecular weight excluding hydrogens is 220 g/mol. The SMILES string of the molecule is CC(C)CCOCCN1CCCC1C(N)=S. The van der Waals surface area contributed by atoms with E-state index in [0.29, 0.717) is 11.0 Å². The molecule has 0 aromatic rings. The third kappa shape index (κ3) is 4.76. The molecule has 0 bridgehead atoms. The largest absolute Gasteiger partial charge is 0.392 e. The minimum absolute atomic E-state index is 0.309. The first-order valence-corrected chi connectivity index (χ1v) is 6.63. The molecule has 0 aliphatic carbocycles. The van der Waals surface area contributed by atoms with Crippen molar-refractivity contribution in [1.29, 1.82) is 0 Å². The van der Waals surface area contributed by atoms with Crippen molar-refractivity contribution >= 4 is 17.2 Å². The van der Waals surface area contributed by atoms with Crippen molar-refractivity contribution in [2.24, 2.45) is 11.7 Å². The Balaban J connectivity index is 2.10. The Hall–Kier alpha value is -0.190. The van der Waals surface area contributed by atoms with E-state index in [1.807, 2.05) is 0 Å². The van der Waals surface area contributed by atoms with E-state index in [9.17, 15) is 0 Å². The molecule has 1 heterocycles. The smallest absolute Gasteiger partial charge is 0.0902 e. The fraction of sp³-hybridized carbons (Fsp3) is 0.917. The molecule has 1 aliphatic rings. The zero-order chi connectivity index (χ0) is 12.0. The molecule has 1 unspecified atom stereocenters. The molecule has 4 heteroatoms. The van der Waals surface area contributed by atoms with Gasteiger partial charge in [-0.3, -0.25) is 4.90 Å². The Morgan fingerprint density at radius 1 is 1.50 bits per heavy atom. The topological polar surface area (TPSA) is 38.5 Å². The van der Waals surface area contributed by atoms with Gasteiger partial charge in [0, 0.05) is 13.2 Å². The first-order chi connectivity index (χ1) is 7.61. The molecule has 0 radical (unpaired) electrons. The molecule has 0 aromatic carbocycles. The molecule has 3 nitrogen and oxygen atoms in total. The summed E-state index contributed by atoms with van der Waals surface area (Å²) in [7, 11) is 0. The van der Waals surface area contributed by atoms with E-state index >= 15 is 0 Å².